The van der Waals surface area contributed by atoms with Crippen molar-refractivity contribution in [2.24, 2.45) is 0 Å². The zero-order chi connectivity index (χ0) is 53.2. The zero-order valence-electron chi connectivity index (χ0n) is 40.7. The third kappa shape index (κ3) is 5.89. The fourth-order valence-corrected chi connectivity index (χ4v) is 11.3. The van der Waals surface area contributed by atoms with Gasteiger partial charge in [0.1, 0.15) is 34.3 Å². The summed E-state index contributed by atoms with van der Waals surface area (Å²) in [7, 11) is 0. The Kier molecular flexibility index (Phi) is 8.81. The van der Waals surface area contributed by atoms with Crippen molar-refractivity contribution < 1.29 is 18.9 Å². The maximum atomic E-state index is 15.6. The van der Waals surface area contributed by atoms with Crippen LogP contribution < -0.4 is 75.9 Å². The molecule has 0 spiro atoms. The number of ether oxygens (including phenoxy) is 4. The quantitative estimate of drug-likeness (QED) is 0.0398. The molecule has 4 heterocycles. The normalized spacial score (nSPS) is 12.1. The van der Waals surface area contributed by atoms with E-state index in [1.54, 1.807) is 93.7 Å². The second kappa shape index (κ2) is 15.6. The van der Waals surface area contributed by atoms with Crippen molar-refractivity contribution in [2.75, 3.05) is 45.9 Å². The number of benzene rings is 11. The van der Waals surface area contributed by atoms with Crippen molar-refractivity contribution >= 4 is 143 Å². The van der Waals surface area contributed by atoms with Gasteiger partial charge in [-0.05, 0) is 97.1 Å². The number of hydrogen-bond acceptors (Lipinski definition) is 16. The van der Waals surface area contributed by atoms with E-state index < -0.39 is 11.1 Å². The first-order valence-corrected chi connectivity index (χ1v) is 24.5. The molecule has 4 aromatic heterocycles. The second-order valence-electron chi connectivity index (χ2n) is 19.3. The Hall–Kier alpha value is -11.4. The summed E-state index contributed by atoms with van der Waals surface area (Å²) in [5.74, 6) is 1.47. The summed E-state index contributed by atoms with van der Waals surface area (Å²) in [6, 6.07) is 42.0. The van der Waals surface area contributed by atoms with Crippen LogP contribution in [0.2, 0.25) is 0 Å². The Balaban J connectivity index is 1.27. The lowest BCUT2D eigenvalue weighted by atomic mass is 9.84. The van der Waals surface area contributed by atoms with E-state index in [0.717, 1.165) is 0 Å². The van der Waals surface area contributed by atoms with Gasteiger partial charge in [-0.3, -0.25) is 18.4 Å². The molecule has 0 fully saturated rings. The van der Waals surface area contributed by atoms with Crippen LogP contribution in [-0.4, -0.2) is 18.8 Å². The van der Waals surface area contributed by atoms with Crippen LogP contribution in [0.15, 0.2) is 155 Å². The molecule has 18 nitrogen and oxygen atoms in total. The van der Waals surface area contributed by atoms with Crippen LogP contribution in [0, 0.1) is 0 Å². The van der Waals surface area contributed by atoms with Gasteiger partial charge in [0.15, 0.2) is 23.0 Å². The number of hydrogen-bond donors (Lipinski definition) is 8. The molecule has 11 aromatic carbocycles. The first-order chi connectivity index (χ1) is 37.8. The van der Waals surface area contributed by atoms with Gasteiger partial charge in [-0.2, -0.15) is 0 Å². The van der Waals surface area contributed by atoms with Gasteiger partial charge in [0.05, 0.1) is 78.3 Å². The van der Waals surface area contributed by atoms with Crippen molar-refractivity contribution in [3.05, 3.63) is 166 Å². The zero-order valence-corrected chi connectivity index (χ0v) is 40.7. The lowest BCUT2D eigenvalue weighted by Crippen LogP contribution is -2.15. The molecule has 0 atom stereocenters. The number of nitrogens with zero attached hydrogens (tertiary/aromatic N) is 4. The molecule has 0 bridgehead atoms. The standard InChI is InChI=1S/C60H40N12O6/c61-29-9-5-17-37(53(29)65)75-41-21-25-45-27(59(73)71-35-15-3-1-13-33(35)69-57(25)71)23-43(77-39-19-7-11-31(63)55(39)67)49-48-42(76-38-18-6-10-30(62)54(38)66)22-26-46-28(60(74)72-36-16-4-2-14-34(36)70-58(26)72)24-44(50(52(46)48)47(41)51(45)49)78-40-20-8-12-32(64)56(40)68/h1-24H,61-68H2. The first-order valence-electron chi connectivity index (χ1n) is 24.5. The Morgan fingerprint density at radius 2 is 0.603 bits per heavy atom. The number of rotatable bonds is 8. The van der Waals surface area contributed by atoms with Crippen LogP contribution >= 0.6 is 0 Å². The summed E-state index contributed by atoms with van der Waals surface area (Å²) in [6.07, 6.45) is 0. The molecule has 0 unspecified atom stereocenters. The Morgan fingerprint density at radius 3 is 0.923 bits per heavy atom. The van der Waals surface area contributed by atoms with Crippen molar-refractivity contribution in [3.63, 3.8) is 0 Å². The Bertz CT molecular complexity index is 4930. The molecule has 0 saturated heterocycles. The van der Waals surface area contributed by atoms with E-state index in [9.17, 15) is 0 Å². The third-order valence-corrected chi connectivity index (χ3v) is 14.9. The number of para-hydroxylation sites is 8. The SMILES string of the molecule is Nc1cccc(Oc2cc3c(=O)n4c5ccccc5nc4c4cc(Oc5cccc(N)c5N)c5c6c(Oc7cccc(N)c7N)cc7c(=O)n8c9ccccc9nc8c8cc(Oc9cccc(N)c9N)c(c2c5c34)c6c78)c1N. The molecule has 78 heavy (non-hydrogen) atoms. The predicted molar refractivity (Wildman–Crippen MR) is 311 cm³/mol. The first kappa shape index (κ1) is 44.1. The lowest BCUT2D eigenvalue weighted by molar-refractivity contribution is 0.486. The number of imidazole rings is 2. The lowest BCUT2D eigenvalue weighted by Gasteiger charge is -2.26. The fraction of sp³-hybridized carbons (Fsp3) is 0. The van der Waals surface area contributed by atoms with Crippen molar-refractivity contribution in [1.29, 1.82) is 0 Å². The molecule has 376 valence electrons. The van der Waals surface area contributed by atoms with Gasteiger partial charge in [-0.25, -0.2) is 9.97 Å². The minimum Gasteiger partial charge on any atom is -0.454 e. The van der Waals surface area contributed by atoms with Crippen LogP contribution in [0.25, 0.3) is 98.0 Å². The average Bonchev–Trinajstić information content (AvgIpc) is 2.94. The molecule has 0 amide bonds. The van der Waals surface area contributed by atoms with Crippen molar-refractivity contribution in [2.45, 2.75) is 0 Å². The molecular weight excluding hydrogens is 985 g/mol. The van der Waals surface area contributed by atoms with Gasteiger partial charge in [-0.1, -0.05) is 48.5 Å². The highest BCUT2D eigenvalue weighted by molar-refractivity contribution is 6.45. The minimum atomic E-state index is -0.406. The summed E-state index contributed by atoms with van der Waals surface area (Å²) >= 11 is 0. The number of pyridine rings is 2. The molecule has 16 N–H and O–H groups in total. The summed E-state index contributed by atoms with van der Waals surface area (Å²) in [6.45, 7) is 0. The van der Waals surface area contributed by atoms with E-state index in [1.807, 2.05) is 60.7 Å². The van der Waals surface area contributed by atoms with Crippen molar-refractivity contribution in [3.8, 4) is 46.0 Å². The summed E-state index contributed by atoms with van der Waals surface area (Å²) in [4.78, 5) is 41.5. The highest BCUT2D eigenvalue weighted by Gasteiger charge is 2.33. The van der Waals surface area contributed by atoms with Crippen LogP contribution in [0.3, 0.4) is 0 Å². The molecule has 18 heteroatoms. The molecular formula is C60H40N12O6. The van der Waals surface area contributed by atoms with Gasteiger partial charge < -0.3 is 64.8 Å². The van der Waals surface area contributed by atoms with Gasteiger partial charge >= 0.3 is 0 Å². The molecule has 0 aliphatic rings. The predicted octanol–water partition coefficient (Wildman–Crippen LogP) is 11.1. The molecule has 0 aliphatic heterocycles. The summed E-state index contributed by atoms with van der Waals surface area (Å²) in [5, 5.41) is 4.78. The number of nitrogen functional groups attached to an aromatic ring is 8. The number of aromatic nitrogens is 4. The summed E-state index contributed by atoms with van der Waals surface area (Å²) < 4.78 is 31.6. The van der Waals surface area contributed by atoms with E-state index in [4.69, 9.17) is 74.8 Å². The van der Waals surface area contributed by atoms with Crippen LogP contribution in [0.1, 0.15) is 0 Å². The van der Waals surface area contributed by atoms with Gasteiger partial charge in [0.25, 0.3) is 11.1 Å². The monoisotopic (exact) mass is 1020 g/mol. The van der Waals surface area contributed by atoms with E-state index in [-0.39, 0.29) is 102 Å². The molecule has 0 radical (unpaired) electrons. The number of fused-ring (bicyclic) bond motifs is 10. The van der Waals surface area contributed by atoms with E-state index in [2.05, 4.69) is 0 Å². The maximum absolute atomic E-state index is 15.6. The largest absolute Gasteiger partial charge is 0.454 e. The smallest absolute Gasteiger partial charge is 0.264 e. The number of anilines is 8. The van der Waals surface area contributed by atoms with E-state index in [0.29, 0.717) is 87.2 Å². The fourth-order valence-electron chi connectivity index (χ4n) is 11.3. The van der Waals surface area contributed by atoms with Gasteiger partial charge in [0.2, 0.25) is 0 Å². The van der Waals surface area contributed by atoms with Crippen LogP contribution in [0.5, 0.6) is 46.0 Å². The molecule has 15 rings (SSSR count). The third-order valence-electron chi connectivity index (χ3n) is 14.9. The van der Waals surface area contributed by atoms with Gasteiger partial charge in [-0.15, -0.1) is 0 Å². The topological polar surface area (TPSA) is 314 Å². The molecule has 0 aliphatic carbocycles. The molecule has 15 aromatic rings. The van der Waals surface area contributed by atoms with Crippen LogP contribution in [-0.2, 0) is 0 Å². The Morgan fingerprint density at radius 1 is 0.308 bits per heavy atom. The molecule has 0 saturated carbocycles. The average molecular weight is 1030 g/mol. The van der Waals surface area contributed by atoms with Gasteiger partial charge in [0, 0.05) is 53.9 Å². The Labute approximate surface area is 437 Å². The second-order valence-corrected chi connectivity index (χ2v) is 19.3. The number of nitrogens with two attached hydrogens (primary N) is 8. The maximum Gasteiger partial charge on any atom is 0.264 e. The van der Waals surface area contributed by atoms with E-state index >= 15 is 9.59 Å². The van der Waals surface area contributed by atoms with Crippen LogP contribution in [0.4, 0.5) is 45.5 Å². The highest BCUT2D eigenvalue weighted by atomic mass is 16.5. The summed E-state index contributed by atoms with van der Waals surface area (Å²) in [5.41, 5.74) is 56.7. The minimum absolute atomic E-state index is 0.137. The van der Waals surface area contributed by atoms with E-state index in [1.165, 1.54) is 0 Å². The highest BCUT2D eigenvalue weighted by Crippen LogP contribution is 2.58. The van der Waals surface area contributed by atoms with Crippen molar-refractivity contribution in [1.82, 2.24) is 18.8 Å².